The summed E-state index contributed by atoms with van der Waals surface area (Å²) in [7, 11) is 0. The van der Waals surface area contributed by atoms with E-state index in [0.29, 0.717) is 6.42 Å². The van der Waals surface area contributed by atoms with Crippen LogP contribution >= 0.6 is 11.8 Å². The summed E-state index contributed by atoms with van der Waals surface area (Å²) in [5.74, 6) is 3.31. The summed E-state index contributed by atoms with van der Waals surface area (Å²) in [6.45, 7) is -0.289. The van der Waals surface area contributed by atoms with E-state index in [1.54, 1.807) is 11.8 Å². The highest BCUT2D eigenvalue weighted by Crippen LogP contribution is 2.17. The van der Waals surface area contributed by atoms with Crippen LogP contribution in [0.4, 0.5) is 4.39 Å². The lowest BCUT2D eigenvalue weighted by molar-refractivity contribution is 0.489. The molecule has 1 unspecified atom stereocenters. The molecule has 14 heavy (non-hydrogen) atoms. The van der Waals surface area contributed by atoms with Crippen LogP contribution < -0.4 is 0 Å². The van der Waals surface area contributed by atoms with Crippen molar-refractivity contribution in [2.24, 2.45) is 0 Å². The Morgan fingerprint density at radius 1 is 1.36 bits per heavy atom. The maximum absolute atomic E-state index is 11.8. The molecule has 0 N–H and O–H groups in total. The second-order valence-electron chi connectivity index (χ2n) is 2.98. The second kappa shape index (κ2) is 10.4. The van der Waals surface area contributed by atoms with Crippen LogP contribution in [0.1, 0.15) is 32.1 Å². The Kier molecular flexibility index (Phi) is 9.91. The lowest BCUT2D eigenvalue weighted by atomic mass is 10.1. The molecule has 0 aliphatic rings. The summed E-state index contributed by atoms with van der Waals surface area (Å²) < 4.78 is 11.8. The topological polar surface area (TPSA) is 23.8 Å². The smallest absolute Gasteiger partial charge is 0.0916 e. The largest absolute Gasteiger partial charge is 0.251 e. The molecular weight excluding hydrogens is 197 g/mol. The SMILES string of the molecule is C#CCCCCC(C#N)SCCCF. The number of nitrogens with zero attached hydrogens (tertiary/aromatic N) is 1. The van der Waals surface area contributed by atoms with Gasteiger partial charge >= 0.3 is 0 Å². The van der Waals surface area contributed by atoms with Gasteiger partial charge in [0.05, 0.1) is 18.0 Å². The van der Waals surface area contributed by atoms with Crippen LogP contribution in [0.2, 0.25) is 0 Å². The molecule has 1 nitrogen and oxygen atoms in total. The highest BCUT2D eigenvalue weighted by molar-refractivity contribution is 8.00. The molecule has 0 amide bonds. The highest BCUT2D eigenvalue weighted by Gasteiger charge is 2.06. The van der Waals surface area contributed by atoms with Gasteiger partial charge in [-0.15, -0.1) is 24.1 Å². The van der Waals surface area contributed by atoms with Gasteiger partial charge in [0.2, 0.25) is 0 Å². The van der Waals surface area contributed by atoms with E-state index in [1.165, 1.54) is 0 Å². The van der Waals surface area contributed by atoms with Gasteiger partial charge in [-0.05, 0) is 25.0 Å². The Morgan fingerprint density at radius 3 is 2.71 bits per heavy atom. The zero-order valence-corrected chi connectivity index (χ0v) is 9.15. The summed E-state index contributed by atoms with van der Waals surface area (Å²) in [6.07, 6.45) is 9.29. The Balaban J connectivity index is 3.40. The summed E-state index contributed by atoms with van der Waals surface area (Å²) >= 11 is 1.55. The average molecular weight is 213 g/mol. The molecule has 0 aromatic carbocycles. The number of hydrogen-bond donors (Lipinski definition) is 0. The number of terminal acetylenes is 1. The molecular formula is C11H16FNS. The third-order valence-electron chi connectivity index (χ3n) is 1.78. The van der Waals surface area contributed by atoms with Crippen molar-refractivity contribution in [2.45, 2.75) is 37.4 Å². The van der Waals surface area contributed by atoms with E-state index in [4.69, 9.17) is 11.7 Å². The molecule has 0 rings (SSSR count). The molecule has 0 aliphatic heterocycles. The average Bonchev–Trinajstić information content (AvgIpc) is 2.22. The Hall–Kier alpha value is -0.670. The maximum atomic E-state index is 11.8. The minimum atomic E-state index is -0.289. The molecule has 0 heterocycles. The molecule has 0 aromatic heterocycles. The molecule has 0 radical (unpaired) electrons. The predicted octanol–water partition coefficient (Wildman–Crippen LogP) is 3.16. The molecule has 0 saturated carbocycles. The summed E-state index contributed by atoms with van der Waals surface area (Å²) in [5, 5.41) is 8.79. The zero-order valence-electron chi connectivity index (χ0n) is 8.34. The van der Waals surface area contributed by atoms with Crippen molar-refractivity contribution in [2.75, 3.05) is 12.4 Å². The number of unbranched alkanes of at least 4 members (excludes halogenated alkanes) is 2. The molecule has 0 saturated heterocycles. The van der Waals surface area contributed by atoms with Crippen molar-refractivity contribution in [3.8, 4) is 18.4 Å². The molecule has 0 aromatic rings. The van der Waals surface area contributed by atoms with Crippen molar-refractivity contribution < 1.29 is 4.39 Å². The maximum Gasteiger partial charge on any atom is 0.0916 e. The summed E-state index contributed by atoms with van der Waals surface area (Å²) in [6, 6.07) is 2.23. The van der Waals surface area contributed by atoms with Gasteiger partial charge in [0.25, 0.3) is 0 Å². The first-order chi connectivity index (χ1) is 6.85. The molecule has 0 spiro atoms. The van der Waals surface area contributed by atoms with Crippen LogP contribution in [0.3, 0.4) is 0 Å². The molecule has 1 atom stereocenters. The van der Waals surface area contributed by atoms with Crippen molar-refractivity contribution >= 4 is 11.8 Å². The van der Waals surface area contributed by atoms with Crippen LogP contribution in [0.5, 0.6) is 0 Å². The highest BCUT2D eigenvalue weighted by atomic mass is 32.2. The predicted molar refractivity (Wildman–Crippen MR) is 59.8 cm³/mol. The minimum Gasteiger partial charge on any atom is -0.251 e. The number of alkyl halides is 1. The Bertz CT molecular complexity index is 204. The number of rotatable bonds is 8. The lowest BCUT2D eigenvalue weighted by Gasteiger charge is -2.06. The molecule has 3 heteroatoms. The van der Waals surface area contributed by atoms with Gasteiger partial charge in [-0.3, -0.25) is 4.39 Å². The van der Waals surface area contributed by atoms with Gasteiger partial charge in [0.1, 0.15) is 0 Å². The van der Waals surface area contributed by atoms with E-state index in [2.05, 4.69) is 12.0 Å². The van der Waals surface area contributed by atoms with E-state index in [1.807, 2.05) is 0 Å². The van der Waals surface area contributed by atoms with Crippen molar-refractivity contribution in [3.63, 3.8) is 0 Å². The van der Waals surface area contributed by atoms with E-state index in [-0.39, 0.29) is 11.9 Å². The molecule has 0 aliphatic carbocycles. The van der Waals surface area contributed by atoms with E-state index in [9.17, 15) is 4.39 Å². The quantitative estimate of drug-likeness (QED) is 0.457. The summed E-state index contributed by atoms with van der Waals surface area (Å²) in [4.78, 5) is 0. The number of hydrogen-bond acceptors (Lipinski definition) is 2. The van der Waals surface area contributed by atoms with Crippen molar-refractivity contribution in [1.29, 1.82) is 5.26 Å². The molecule has 0 fully saturated rings. The fourth-order valence-corrected chi connectivity index (χ4v) is 1.99. The van der Waals surface area contributed by atoms with Gasteiger partial charge in [-0.1, -0.05) is 6.42 Å². The zero-order chi connectivity index (χ0) is 10.6. The molecule has 0 bridgehead atoms. The van der Waals surface area contributed by atoms with Crippen LogP contribution in [-0.4, -0.2) is 17.7 Å². The summed E-state index contributed by atoms with van der Waals surface area (Å²) in [5.41, 5.74) is 0. The van der Waals surface area contributed by atoms with Gasteiger partial charge in [0, 0.05) is 6.42 Å². The fourth-order valence-electron chi connectivity index (χ4n) is 1.02. The first kappa shape index (κ1) is 13.3. The monoisotopic (exact) mass is 213 g/mol. The second-order valence-corrected chi connectivity index (χ2v) is 4.29. The molecule has 78 valence electrons. The van der Waals surface area contributed by atoms with Crippen molar-refractivity contribution in [1.82, 2.24) is 0 Å². The van der Waals surface area contributed by atoms with Crippen molar-refractivity contribution in [3.05, 3.63) is 0 Å². The Morgan fingerprint density at radius 2 is 2.14 bits per heavy atom. The third-order valence-corrected chi connectivity index (χ3v) is 3.05. The van der Waals surface area contributed by atoms with Gasteiger partial charge in [-0.2, -0.15) is 5.26 Å². The van der Waals surface area contributed by atoms with Crippen LogP contribution in [-0.2, 0) is 0 Å². The fraction of sp³-hybridized carbons (Fsp3) is 0.727. The normalized spacial score (nSPS) is 11.6. The van der Waals surface area contributed by atoms with Crippen LogP contribution in [0, 0.1) is 23.7 Å². The van der Waals surface area contributed by atoms with Gasteiger partial charge < -0.3 is 0 Å². The van der Waals surface area contributed by atoms with E-state index >= 15 is 0 Å². The van der Waals surface area contributed by atoms with Crippen LogP contribution in [0.25, 0.3) is 0 Å². The number of nitriles is 1. The van der Waals surface area contributed by atoms with Gasteiger partial charge in [-0.25, -0.2) is 0 Å². The first-order valence-electron chi connectivity index (χ1n) is 4.85. The van der Waals surface area contributed by atoms with Gasteiger partial charge in [0.15, 0.2) is 0 Å². The standard InChI is InChI=1S/C11H16FNS/c1-2-3-4-5-7-11(10-13)14-9-6-8-12/h1,11H,3-9H2. The lowest BCUT2D eigenvalue weighted by Crippen LogP contribution is -2.00. The van der Waals surface area contributed by atoms with Crippen LogP contribution in [0.15, 0.2) is 0 Å². The minimum absolute atomic E-state index is 0.0133. The number of halogens is 1. The third kappa shape index (κ3) is 7.95. The van der Waals surface area contributed by atoms with E-state index in [0.717, 1.165) is 31.4 Å². The van der Waals surface area contributed by atoms with E-state index < -0.39 is 0 Å². The Labute approximate surface area is 90.1 Å². The number of thioether (sulfide) groups is 1. The first-order valence-corrected chi connectivity index (χ1v) is 5.90.